The molecule has 6 nitrogen and oxygen atoms in total. The second kappa shape index (κ2) is 6.82. The first-order valence-corrected chi connectivity index (χ1v) is 7.12. The van der Waals surface area contributed by atoms with Gasteiger partial charge >= 0.3 is 0 Å². The van der Waals surface area contributed by atoms with E-state index in [2.05, 4.69) is 5.32 Å². The number of piperazine rings is 1. The number of nitrogens with zero attached hydrogens (tertiary/aromatic N) is 2. The van der Waals surface area contributed by atoms with Crippen molar-refractivity contribution in [2.24, 2.45) is 0 Å². The summed E-state index contributed by atoms with van der Waals surface area (Å²) in [6, 6.07) is 1.98. The number of nitro groups is 1. The second-order valence-corrected chi connectivity index (χ2v) is 5.50. The zero-order chi connectivity index (χ0) is 16.3. The van der Waals surface area contributed by atoms with Crippen molar-refractivity contribution in [2.45, 2.75) is 12.0 Å². The summed E-state index contributed by atoms with van der Waals surface area (Å²) in [5.41, 5.74) is -0.612. The predicted octanol–water partition coefficient (Wildman–Crippen LogP) is 1.82. The van der Waals surface area contributed by atoms with Crippen LogP contribution >= 0.6 is 11.6 Å². The molecule has 22 heavy (non-hydrogen) atoms. The SMILES string of the molecule is O=[N+]([O-])c1ccc(Cl)cc1[C@@H](N1CCNCC1)C(F)(F)CO. The van der Waals surface area contributed by atoms with E-state index in [4.69, 9.17) is 16.7 Å². The maximum absolute atomic E-state index is 14.3. The Labute approximate surface area is 130 Å². The van der Waals surface area contributed by atoms with E-state index in [1.165, 1.54) is 17.0 Å². The quantitative estimate of drug-likeness (QED) is 0.634. The Morgan fingerprint density at radius 1 is 1.45 bits per heavy atom. The van der Waals surface area contributed by atoms with Crippen LogP contribution in [0.4, 0.5) is 14.5 Å². The van der Waals surface area contributed by atoms with Crippen LogP contribution in [0.5, 0.6) is 0 Å². The normalized spacial score (nSPS) is 18.2. The lowest BCUT2D eigenvalue weighted by Crippen LogP contribution is -2.51. The molecule has 1 aromatic carbocycles. The minimum absolute atomic E-state index is 0.134. The topological polar surface area (TPSA) is 78.6 Å². The van der Waals surface area contributed by atoms with E-state index >= 15 is 0 Å². The van der Waals surface area contributed by atoms with Gasteiger partial charge in [0.25, 0.3) is 11.6 Å². The maximum atomic E-state index is 14.3. The molecule has 9 heteroatoms. The molecule has 0 unspecified atom stereocenters. The Morgan fingerprint density at radius 3 is 2.64 bits per heavy atom. The van der Waals surface area contributed by atoms with Gasteiger partial charge in [0.15, 0.2) is 0 Å². The summed E-state index contributed by atoms with van der Waals surface area (Å²) in [5, 5.41) is 23.4. The van der Waals surface area contributed by atoms with Crippen molar-refractivity contribution < 1.29 is 18.8 Å². The fraction of sp³-hybridized carbons (Fsp3) is 0.538. The molecule has 1 fully saturated rings. The van der Waals surface area contributed by atoms with Gasteiger partial charge in [-0.05, 0) is 12.1 Å². The highest BCUT2D eigenvalue weighted by Crippen LogP contribution is 2.41. The number of hydrogen-bond donors (Lipinski definition) is 2. The van der Waals surface area contributed by atoms with Crippen LogP contribution < -0.4 is 5.32 Å². The minimum Gasteiger partial charge on any atom is -0.390 e. The van der Waals surface area contributed by atoms with E-state index in [-0.39, 0.29) is 10.6 Å². The molecule has 0 aliphatic carbocycles. The van der Waals surface area contributed by atoms with E-state index in [1.54, 1.807) is 0 Å². The van der Waals surface area contributed by atoms with Crippen molar-refractivity contribution >= 4 is 17.3 Å². The molecule has 0 spiro atoms. The van der Waals surface area contributed by atoms with Crippen LogP contribution in [0.3, 0.4) is 0 Å². The number of nitrogens with one attached hydrogen (secondary N) is 1. The lowest BCUT2D eigenvalue weighted by molar-refractivity contribution is -0.386. The van der Waals surface area contributed by atoms with Gasteiger partial charge in [0.1, 0.15) is 12.6 Å². The van der Waals surface area contributed by atoms with Crippen molar-refractivity contribution in [3.8, 4) is 0 Å². The van der Waals surface area contributed by atoms with Crippen LogP contribution in [0.2, 0.25) is 5.02 Å². The first-order valence-electron chi connectivity index (χ1n) is 6.74. The largest absolute Gasteiger partial charge is 0.390 e. The first kappa shape index (κ1) is 17.0. The maximum Gasteiger partial charge on any atom is 0.290 e. The standard InChI is InChI=1S/C13H16ClF2N3O3/c14-9-1-2-11(19(21)22)10(7-9)12(13(15,16)8-20)18-5-3-17-4-6-18/h1-2,7,12,17,20H,3-6,8H2/t12-/m1/s1. The Bertz CT molecular complexity index is 553. The van der Waals surface area contributed by atoms with Crippen molar-refractivity contribution in [1.29, 1.82) is 0 Å². The molecule has 0 aromatic heterocycles. The lowest BCUT2D eigenvalue weighted by Gasteiger charge is -2.38. The monoisotopic (exact) mass is 335 g/mol. The number of benzene rings is 1. The predicted molar refractivity (Wildman–Crippen MR) is 77.3 cm³/mol. The van der Waals surface area contributed by atoms with E-state index in [0.29, 0.717) is 26.2 Å². The molecule has 2 rings (SSSR count). The number of halogens is 3. The Hall–Kier alpha value is -1.35. The molecule has 1 aromatic rings. The van der Waals surface area contributed by atoms with Gasteiger partial charge in [-0.15, -0.1) is 0 Å². The highest BCUT2D eigenvalue weighted by molar-refractivity contribution is 6.30. The number of alkyl halides is 2. The summed E-state index contributed by atoms with van der Waals surface area (Å²) in [6.45, 7) is 0.178. The molecule has 2 N–H and O–H groups in total. The zero-order valence-corrected chi connectivity index (χ0v) is 12.4. The molecule has 1 aliphatic heterocycles. The van der Waals surface area contributed by atoms with E-state index in [1.807, 2.05) is 0 Å². The van der Waals surface area contributed by atoms with Gasteiger partial charge in [-0.25, -0.2) is 8.78 Å². The molecule has 1 aliphatic rings. The fourth-order valence-corrected chi connectivity index (χ4v) is 2.81. The number of rotatable bonds is 5. The first-order chi connectivity index (χ1) is 10.4. The third kappa shape index (κ3) is 3.52. The average Bonchev–Trinajstić information content (AvgIpc) is 2.48. The average molecular weight is 336 g/mol. The lowest BCUT2D eigenvalue weighted by atomic mass is 9.96. The van der Waals surface area contributed by atoms with Crippen molar-refractivity contribution in [1.82, 2.24) is 10.2 Å². The summed E-state index contributed by atoms with van der Waals surface area (Å²) in [7, 11) is 0. The van der Waals surface area contributed by atoms with Gasteiger partial charge < -0.3 is 10.4 Å². The highest BCUT2D eigenvalue weighted by Gasteiger charge is 2.46. The number of nitro benzene ring substituents is 1. The van der Waals surface area contributed by atoms with Gasteiger partial charge in [0, 0.05) is 37.3 Å². The number of aliphatic hydroxyl groups excluding tert-OH is 1. The van der Waals surface area contributed by atoms with Crippen LogP contribution in [0.25, 0.3) is 0 Å². The molecule has 122 valence electrons. The van der Waals surface area contributed by atoms with E-state index in [0.717, 1.165) is 6.07 Å². The summed E-state index contributed by atoms with van der Waals surface area (Å²) in [5.74, 6) is -3.52. The van der Waals surface area contributed by atoms with Crippen molar-refractivity contribution in [3.05, 3.63) is 38.9 Å². The van der Waals surface area contributed by atoms with Gasteiger partial charge in [0.2, 0.25) is 0 Å². The molecule has 0 saturated carbocycles. The van der Waals surface area contributed by atoms with Crippen molar-refractivity contribution in [3.63, 3.8) is 0 Å². The molecule has 0 bridgehead atoms. The van der Waals surface area contributed by atoms with Crippen molar-refractivity contribution in [2.75, 3.05) is 32.8 Å². The third-order valence-electron chi connectivity index (χ3n) is 3.61. The van der Waals surface area contributed by atoms with Gasteiger partial charge in [0.05, 0.1) is 10.5 Å². The molecular formula is C13H16ClF2N3O3. The minimum atomic E-state index is -3.52. The van der Waals surface area contributed by atoms with E-state index < -0.39 is 29.2 Å². The smallest absolute Gasteiger partial charge is 0.290 e. The van der Waals surface area contributed by atoms with Crippen LogP contribution in [-0.2, 0) is 0 Å². The van der Waals surface area contributed by atoms with Crippen LogP contribution in [-0.4, -0.2) is 53.6 Å². The summed E-state index contributed by atoms with van der Waals surface area (Å²) >= 11 is 5.84. The van der Waals surface area contributed by atoms with Crippen LogP contribution in [0.15, 0.2) is 18.2 Å². The number of hydrogen-bond acceptors (Lipinski definition) is 5. The molecular weight excluding hydrogens is 320 g/mol. The molecule has 1 saturated heterocycles. The Morgan fingerprint density at radius 2 is 2.09 bits per heavy atom. The number of aliphatic hydroxyl groups is 1. The molecule has 0 amide bonds. The Kier molecular flexibility index (Phi) is 5.28. The zero-order valence-electron chi connectivity index (χ0n) is 11.6. The van der Waals surface area contributed by atoms with Gasteiger partial charge in [-0.1, -0.05) is 11.6 Å². The fourth-order valence-electron chi connectivity index (χ4n) is 2.63. The van der Waals surface area contributed by atoms with Gasteiger partial charge in [-0.3, -0.25) is 15.0 Å². The molecule has 1 heterocycles. The van der Waals surface area contributed by atoms with Crippen LogP contribution in [0.1, 0.15) is 11.6 Å². The summed E-state index contributed by atoms with van der Waals surface area (Å²) in [4.78, 5) is 11.9. The highest BCUT2D eigenvalue weighted by atomic mass is 35.5. The summed E-state index contributed by atoms with van der Waals surface area (Å²) < 4.78 is 28.6. The third-order valence-corrected chi connectivity index (χ3v) is 3.84. The van der Waals surface area contributed by atoms with E-state index in [9.17, 15) is 18.9 Å². The van der Waals surface area contributed by atoms with Crippen LogP contribution in [0, 0.1) is 10.1 Å². The summed E-state index contributed by atoms with van der Waals surface area (Å²) in [6.07, 6.45) is 0. The molecule has 1 atom stereocenters. The Balaban J connectivity index is 2.53. The van der Waals surface area contributed by atoms with Gasteiger partial charge in [-0.2, -0.15) is 0 Å². The molecule has 0 radical (unpaired) electrons. The second-order valence-electron chi connectivity index (χ2n) is 5.07.